The number of ether oxygens (including phenoxy) is 1. The third kappa shape index (κ3) is 7.16. The highest BCUT2D eigenvalue weighted by Crippen LogP contribution is 2.42. The Morgan fingerprint density at radius 3 is 2.31 bits per heavy atom. The highest BCUT2D eigenvalue weighted by Gasteiger charge is 2.21. The van der Waals surface area contributed by atoms with Crippen molar-refractivity contribution in [3.63, 3.8) is 0 Å². The minimum atomic E-state index is -0.193. The molecular weight excluding hydrogens is 467 g/mol. The van der Waals surface area contributed by atoms with Crippen molar-refractivity contribution in [3.8, 4) is 11.5 Å². The lowest BCUT2D eigenvalue weighted by Crippen LogP contribution is -1.99. The van der Waals surface area contributed by atoms with Gasteiger partial charge in [0.2, 0.25) is 0 Å². The lowest BCUT2D eigenvalue weighted by atomic mass is 9.87. The normalized spacial score (nSPS) is 13.4. The molecule has 0 amide bonds. The van der Waals surface area contributed by atoms with Crippen LogP contribution in [0.2, 0.25) is 0 Å². The summed E-state index contributed by atoms with van der Waals surface area (Å²) < 4.78 is 18.1. The van der Waals surface area contributed by atoms with Gasteiger partial charge >= 0.3 is 0 Å². The van der Waals surface area contributed by atoms with Crippen LogP contribution < -0.4 is 4.74 Å². The standard InChI is InChI=1S/C32H37FO2S/c33-21-5-8-24-36-23-7-2-6-22-35-27-19-17-26(18-20-27)32-28(25-11-3-1-4-12-25)13-9-14-29-30(32)15-10-16-31(29)34/h1,3-4,10-12,15-20,34H,2,5-9,13-14,21-24H2. The smallest absolute Gasteiger partial charge is 0.119 e. The van der Waals surface area contributed by atoms with Crippen molar-refractivity contribution < 1.29 is 14.2 Å². The van der Waals surface area contributed by atoms with Crippen molar-refractivity contribution in [2.45, 2.75) is 51.4 Å². The Morgan fingerprint density at radius 1 is 0.750 bits per heavy atom. The summed E-state index contributed by atoms with van der Waals surface area (Å²) in [7, 11) is 0. The first-order valence-corrected chi connectivity index (χ1v) is 14.4. The van der Waals surface area contributed by atoms with Crippen LogP contribution in [-0.2, 0) is 6.42 Å². The molecule has 1 aliphatic carbocycles. The summed E-state index contributed by atoms with van der Waals surface area (Å²) in [6, 6.07) is 24.9. The molecule has 4 heteroatoms. The van der Waals surface area contributed by atoms with Crippen molar-refractivity contribution in [2.75, 3.05) is 24.8 Å². The number of phenols is 1. The lowest BCUT2D eigenvalue weighted by Gasteiger charge is -2.17. The van der Waals surface area contributed by atoms with Crippen LogP contribution in [0.4, 0.5) is 4.39 Å². The van der Waals surface area contributed by atoms with Crippen molar-refractivity contribution in [1.29, 1.82) is 0 Å². The molecule has 0 unspecified atom stereocenters. The van der Waals surface area contributed by atoms with E-state index in [1.807, 2.05) is 17.8 Å². The number of allylic oxidation sites excluding steroid dienone is 1. The molecule has 1 aliphatic rings. The van der Waals surface area contributed by atoms with Gasteiger partial charge in [0.05, 0.1) is 13.3 Å². The van der Waals surface area contributed by atoms with E-state index in [-0.39, 0.29) is 6.67 Å². The van der Waals surface area contributed by atoms with Gasteiger partial charge in [-0.2, -0.15) is 11.8 Å². The number of halogens is 1. The highest BCUT2D eigenvalue weighted by atomic mass is 32.2. The summed E-state index contributed by atoms with van der Waals surface area (Å²) in [4.78, 5) is 0. The van der Waals surface area contributed by atoms with Gasteiger partial charge < -0.3 is 9.84 Å². The van der Waals surface area contributed by atoms with Crippen molar-refractivity contribution in [2.24, 2.45) is 0 Å². The van der Waals surface area contributed by atoms with Gasteiger partial charge in [0.15, 0.2) is 0 Å². The Balaban J connectivity index is 1.42. The molecule has 4 rings (SSSR count). The predicted molar refractivity (Wildman–Crippen MR) is 152 cm³/mol. The number of fused-ring (bicyclic) bond motifs is 1. The van der Waals surface area contributed by atoms with Crippen LogP contribution in [0, 0.1) is 0 Å². The fourth-order valence-electron chi connectivity index (χ4n) is 4.85. The molecule has 0 spiro atoms. The SMILES string of the molecule is Oc1cccc2c1CCCC(c1ccccc1)=C2c1ccc(OCCCCCSCCCCF)cc1. The van der Waals surface area contributed by atoms with E-state index in [0.717, 1.165) is 79.1 Å². The molecular formula is C32H37FO2S. The first-order chi connectivity index (χ1) is 17.8. The first-order valence-electron chi connectivity index (χ1n) is 13.2. The molecule has 2 nitrogen and oxygen atoms in total. The molecule has 3 aromatic carbocycles. The van der Waals surface area contributed by atoms with Crippen LogP contribution in [0.3, 0.4) is 0 Å². The minimum absolute atomic E-state index is 0.193. The summed E-state index contributed by atoms with van der Waals surface area (Å²) in [5, 5.41) is 10.6. The summed E-state index contributed by atoms with van der Waals surface area (Å²) in [6.07, 6.45) is 7.92. The second kappa shape index (κ2) is 14.1. The van der Waals surface area contributed by atoms with Gasteiger partial charge in [0.1, 0.15) is 11.5 Å². The van der Waals surface area contributed by atoms with Gasteiger partial charge in [-0.05, 0) is 109 Å². The molecule has 0 saturated heterocycles. The lowest BCUT2D eigenvalue weighted by molar-refractivity contribution is 0.306. The van der Waals surface area contributed by atoms with Gasteiger partial charge in [-0.1, -0.05) is 54.6 Å². The molecule has 0 radical (unpaired) electrons. The maximum absolute atomic E-state index is 12.1. The Morgan fingerprint density at radius 2 is 1.53 bits per heavy atom. The predicted octanol–water partition coefficient (Wildman–Crippen LogP) is 8.72. The fraction of sp³-hybridized carbons (Fsp3) is 0.375. The molecule has 0 saturated carbocycles. The molecule has 36 heavy (non-hydrogen) atoms. The van der Waals surface area contributed by atoms with E-state index in [2.05, 4.69) is 60.7 Å². The molecule has 1 N–H and O–H groups in total. The maximum atomic E-state index is 12.1. The molecule has 0 aromatic heterocycles. The zero-order chi connectivity index (χ0) is 25.0. The molecule has 0 aliphatic heterocycles. The van der Waals surface area contributed by atoms with Gasteiger partial charge in [-0.25, -0.2) is 0 Å². The molecule has 0 atom stereocenters. The average molecular weight is 505 g/mol. The van der Waals surface area contributed by atoms with Crippen LogP contribution >= 0.6 is 11.8 Å². The second-order valence-electron chi connectivity index (χ2n) is 9.32. The number of hydrogen-bond donors (Lipinski definition) is 1. The van der Waals surface area contributed by atoms with E-state index in [1.165, 1.54) is 23.1 Å². The second-order valence-corrected chi connectivity index (χ2v) is 10.5. The summed E-state index contributed by atoms with van der Waals surface area (Å²) in [6.45, 7) is 0.530. The number of aromatic hydroxyl groups is 1. The van der Waals surface area contributed by atoms with Gasteiger partial charge in [0, 0.05) is 5.56 Å². The first kappa shape index (κ1) is 26.3. The van der Waals surface area contributed by atoms with Crippen LogP contribution in [0.15, 0.2) is 72.8 Å². The molecule has 190 valence electrons. The Hall–Kier alpha value is -2.72. The minimum Gasteiger partial charge on any atom is -0.508 e. The summed E-state index contributed by atoms with van der Waals surface area (Å²) >= 11 is 1.93. The molecule has 0 fully saturated rings. The van der Waals surface area contributed by atoms with E-state index in [0.29, 0.717) is 12.2 Å². The molecule has 0 heterocycles. The number of phenolic OH excluding ortho intramolecular Hbond substituents is 1. The van der Waals surface area contributed by atoms with Crippen LogP contribution in [0.25, 0.3) is 11.1 Å². The fourth-order valence-corrected chi connectivity index (χ4v) is 5.87. The van der Waals surface area contributed by atoms with Gasteiger partial charge in [-0.15, -0.1) is 0 Å². The average Bonchev–Trinajstić information content (AvgIpc) is 3.11. The monoisotopic (exact) mass is 504 g/mol. The zero-order valence-electron chi connectivity index (χ0n) is 21.1. The Bertz CT molecular complexity index is 1110. The van der Waals surface area contributed by atoms with Crippen molar-refractivity contribution in [3.05, 3.63) is 95.1 Å². The van der Waals surface area contributed by atoms with E-state index < -0.39 is 0 Å². The van der Waals surface area contributed by atoms with Crippen LogP contribution in [-0.4, -0.2) is 29.9 Å². The number of unbranched alkanes of at least 4 members (excludes halogenated alkanes) is 3. The van der Waals surface area contributed by atoms with E-state index in [9.17, 15) is 9.50 Å². The number of benzene rings is 3. The molecule has 3 aromatic rings. The molecule has 0 bridgehead atoms. The Kier molecular flexibility index (Phi) is 10.3. The quantitative estimate of drug-likeness (QED) is 0.236. The van der Waals surface area contributed by atoms with E-state index in [4.69, 9.17) is 4.74 Å². The van der Waals surface area contributed by atoms with Gasteiger partial charge in [-0.3, -0.25) is 4.39 Å². The Labute approximate surface area is 219 Å². The van der Waals surface area contributed by atoms with Crippen molar-refractivity contribution in [1.82, 2.24) is 0 Å². The van der Waals surface area contributed by atoms with Crippen molar-refractivity contribution >= 4 is 22.9 Å². The van der Waals surface area contributed by atoms with Gasteiger partial charge in [0.25, 0.3) is 0 Å². The van der Waals surface area contributed by atoms with Crippen LogP contribution in [0.1, 0.15) is 67.2 Å². The topological polar surface area (TPSA) is 29.5 Å². The highest BCUT2D eigenvalue weighted by molar-refractivity contribution is 7.99. The zero-order valence-corrected chi connectivity index (χ0v) is 21.9. The van der Waals surface area contributed by atoms with E-state index >= 15 is 0 Å². The summed E-state index contributed by atoms with van der Waals surface area (Å²) in [5.41, 5.74) is 7.10. The third-order valence-electron chi connectivity index (χ3n) is 6.72. The maximum Gasteiger partial charge on any atom is 0.119 e. The largest absolute Gasteiger partial charge is 0.508 e. The third-order valence-corrected chi connectivity index (χ3v) is 7.87. The number of thioether (sulfide) groups is 1. The van der Waals surface area contributed by atoms with E-state index in [1.54, 1.807) is 6.07 Å². The number of rotatable bonds is 13. The number of alkyl halides is 1. The summed E-state index contributed by atoms with van der Waals surface area (Å²) in [5.74, 6) is 3.50. The van der Waals surface area contributed by atoms with Crippen LogP contribution in [0.5, 0.6) is 11.5 Å². The number of hydrogen-bond acceptors (Lipinski definition) is 3.